The second-order valence-corrected chi connectivity index (χ2v) is 5.11. The Kier molecular flexibility index (Phi) is 2.88. The van der Waals surface area contributed by atoms with Crippen LogP contribution >= 0.6 is 15.9 Å². The lowest BCUT2D eigenvalue weighted by Gasteiger charge is -2.19. The minimum absolute atomic E-state index is 0.203. The maximum Gasteiger partial charge on any atom is 0.139 e. The fourth-order valence-corrected chi connectivity index (χ4v) is 2.72. The SMILES string of the molecule is COc1c(Br)cc(C2(N)CC2)c(OC)c1C. The Hall–Kier alpha value is -0.740. The third-order valence-corrected chi connectivity index (χ3v) is 3.74. The fourth-order valence-electron chi connectivity index (χ4n) is 2.03. The van der Waals surface area contributed by atoms with Crippen molar-refractivity contribution in [2.45, 2.75) is 25.3 Å². The predicted molar refractivity (Wildman–Crippen MR) is 67.1 cm³/mol. The van der Waals surface area contributed by atoms with Gasteiger partial charge in [0.2, 0.25) is 0 Å². The van der Waals surface area contributed by atoms with Crippen molar-refractivity contribution in [3.63, 3.8) is 0 Å². The van der Waals surface area contributed by atoms with Crippen LogP contribution in [-0.2, 0) is 5.54 Å². The highest BCUT2D eigenvalue weighted by Gasteiger charge is 2.43. The normalized spacial score (nSPS) is 17.1. The first kappa shape index (κ1) is 11.7. The molecule has 0 heterocycles. The quantitative estimate of drug-likeness (QED) is 0.929. The zero-order valence-electron chi connectivity index (χ0n) is 9.76. The fraction of sp³-hybridized carbons (Fsp3) is 0.500. The molecular formula is C12H16BrNO2. The third-order valence-electron chi connectivity index (χ3n) is 3.15. The first-order valence-electron chi connectivity index (χ1n) is 5.24. The number of nitrogens with two attached hydrogens (primary N) is 1. The lowest BCUT2D eigenvalue weighted by molar-refractivity contribution is 0.380. The summed E-state index contributed by atoms with van der Waals surface area (Å²) in [5, 5.41) is 0. The number of halogens is 1. The van der Waals surface area contributed by atoms with Gasteiger partial charge >= 0.3 is 0 Å². The molecule has 4 heteroatoms. The Balaban J connectivity index is 2.62. The average Bonchev–Trinajstić information content (AvgIpc) is 2.98. The van der Waals surface area contributed by atoms with Crippen LogP contribution < -0.4 is 15.2 Å². The summed E-state index contributed by atoms with van der Waals surface area (Å²) < 4.78 is 11.7. The van der Waals surface area contributed by atoms with E-state index >= 15 is 0 Å². The zero-order valence-corrected chi connectivity index (χ0v) is 11.3. The molecule has 0 aromatic heterocycles. The van der Waals surface area contributed by atoms with Crippen LogP contribution in [0, 0.1) is 6.92 Å². The van der Waals surface area contributed by atoms with Gasteiger partial charge in [0.15, 0.2) is 0 Å². The van der Waals surface area contributed by atoms with E-state index in [0.717, 1.165) is 39.9 Å². The largest absolute Gasteiger partial charge is 0.496 e. The van der Waals surface area contributed by atoms with Crippen molar-refractivity contribution in [2.24, 2.45) is 5.73 Å². The van der Waals surface area contributed by atoms with Gasteiger partial charge in [-0.05, 0) is 41.8 Å². The lowest BCUT2D eigenvalue weighted by Crippen LogP contribution is -2.20. The van der Waals surface area contributed by atoms with Crippen LogP contribution in [0.25, 0.3) is 0 Å². The monoisotopic (exact) mass is 285 g/mol. The van der Waals surface area contributed by atoms with Crippen molar-refractivity contribution < 1.29 is 9.47 Å². The van der Waals surface area contributed by atoms with Gasteiger partial charge in [-0.15, -0.1) is 0 Å². The topological polar surface area (TPSA) is 44.5 Å². The molecule has 0 bridgehead atoms. The molecule has 2 N–H and O–H groups in total. The van der Waals surface area contributed by atoms with Crippen molar-refractivity contribution in [3.05, 3.63) is 21.7 Å². The summed E-state index contributed by atoms with van der Waals surface area (Å²) in [6, 6.07) is 2.01. The number of benzene rings is 1. The second-order valence-electron chi connectivity index (χ2n) is 4.25. The highest BCUT2D eigenvalue weighted by atomic mass is 79.9. The third kappa shape index (κ3) is 1.70. The zero-order chi connectivity index (χ0) is 11.9. The van der Waals surface area contributed by atoms with E-state index in [1.807, 2.05) is 13.0 Å². The number of ether oxygens (including phenoxy) is 2. The van der Waals surface area contributed by atoms with Gasteiger partial charge in [0.25, 0.3) is 0 Å². The minimum Gasteiger partial charge on any atom is -0.496 e. The van der Waals surface area contributed by atoms with E-state index in [4.69, 9.17) is 15.2 Å². The Morgan fingerprint density at radius 2 is 1.81 bits per heavy atom. The summed E-state index contributed by atoms with van der Waals surface area (Å²) in [5.41, 5.74) is 8.09. The van der Waals surface area contributed by atoms with Gasteiger partial charge in [-0.2, -0.15) is 0 Å². The number of hydrogen-bond donors (Lipinski definition) is 1. The molecular weight excluding hydrogens is 270 g/mol. The van der Waals surface area contributed by atoms with Gasteiger partial charge in [0, 0.05) is 16.7 Å². The van der Waals surface area contributed by atoms with Gasteiger partial charge in [-0.25, -0.2) is 0 Å². The number of methoxy groups -OCH3 is 2. The Bertz CT molecular complexity index is 428. The van der Waals surface area contributed by atoms with Crippen molar-refractivity contribution in [2.75, 3.05) is 14.2 Å². The summed E-state index contributed by atoms with van der Waals surface area (Å²) in [6.07, 6.45) is 2.03. The van der Waals surface area contributed by atoms with Gasteiger partial charge in [-0.1, -0.05) is 0 Å². The van der Waals surface area contributed by atoms with Gasteiger partial charge in [0.05, 0.1) is 18.7 Å². The maximum absolute atomic E-state index is 6.23. The molecule has 16 heavy (non-hydrogen) atoms. The highest BCUT2D eigenvalue weighted by Crippen LogP contribution is 2.50. The molecule has 0 spiro atoms. The van der Waals surface area contributed by atoms with E-state index in [9.17, 15) is 0 Å². The van der Waals surface area contributed by atoms with Crippen LogP contribution in [0.2, 0.25) is 0 Å². The lowest BCUT2D eigenvalue weighted by atomic mass is 10.0. The van der Waals surface area contributed by atoms with Crippen molar-refractivity contribution in [1.29, 1.82) is 0 Å². The van der Waals surface area contributed by atoms with E-state index in [1.165, 1.54) is 0 Å². The van der Waals surface area contributed by atoms with Gasteiger partial charge < -0.3 is 15.2 Å². The molecule has 1 saturated carbocycles. The molecule has 3 nitrogen and oxygen atoms in total. The molecule has 0 unspecified atom stereocenters. The molecule has 1 aromatic carbocycles. The second kappa shape index (κ2) is 3.93. The molecule has 0 saturated heterocycles. The summed E-state index contributed by atoms with van der Waals surface area (Å²) in [4.78, 5) is 0. The number of rotatable bonds is 3. The molecule has 0 atom stereocenters. The van der Waals surface area contributed by atoms with Crippen LogP contribution in [0.5, 0.6) is 11.5 Å². The van der Waals surface area contributed by atoms with Crippen molar-refractivity contribution >= 4 is 15.9 Å². The molecule has 1 aliphatic carbocycles. The first-order valence-corrected chi connectivity index (χ1v) is 6.03. The van der Waals surface area contributed by atoms with E-state index in [0.29, 0.717) is 0 Å². The summed E-state index contributed by atoms with van der Waals surface area (Å²) in [7, 11) is 3.33. The maximum atomic E-state index is 6.23. The molecule has 2 rings (SSSR count). The summed E-state index contributed by atoms with van der Waals surface area (Å²) in [5.74, 6) is 1.66. The van der Waals surface area contributed by atoms with Crippen LogP contribution in [0.3, 0.4) is 0 Å². The molecule has 0 amide bonds. The van der Waals surface area contributed by atoms with E-state index < -0.39 is 0 Å². The van der Waals surface area contributed by atoms with E-state index in [-0.39, 0.29) is 5.54 Å². The van der Waals surface area contributed by atoms with Crippen LogP contribution in [0.15, 0.2) is 10.5 Å². The molecule has 1 aliphatic rings. The summed E-state index contributed by atoms with van der Waals surface area (Å²) in [6.45, 7) is 1.98. The number of hydrogen-bond acceptors (Lipinski definition) is 3. The first-order chi connectivity index (χ1) is 7.53. The van der Waals surface area contributed by atoms with Crippen LogP contribution in [0.1, 0.15) is 24.0 Å². The minimum atomic E-state index is -0.203. The summed E-state index contributed by atoms with van der Waals surface area (Å²) >= 11 is 3.51. The van der Waals surface area contributed by atoms with Crippen molar-refractivity contribution in [3.8, 4) is 11.5 Å². The van der Waals surface area contributed by atoms with Gasteiger partial charge in [-0.3, -0.25) is 0 Å². The van der Waals surface area contributed by atoms with E-state index in [1.54, 1.807) is 14.2 Å². The smallest absolute Gasteiger partial charge is 0.139 e. The van der Waals surface area contributed by atoms with Crippen LogP contribution in [-0.4, -0.2) is 14.2 Å². The molecule has 0 radical (unpaired) electrons. The average molecular weight is 286 g/mol. The van der Waals surface area contributed by atoms with E-state index in [2.05, 4.69) is 15.9 Å². The Morgan fingerprint density at radius 3 is 2.25 bits per heavy atom. The Labute approximate surface area is 104 Å². The van der Waals surface area contributed by atoms with Gasteiger partial charge in [0.1, 0.15) is 11.5 Å². The Morgan fingerprint density at radius 1 is 1.25 bits per heavy atom. The standard InChI is InChI=1S/C12H16BrNO2/c1-7-10(15-2)8(12(14)4-5-12)6-9(13)11(7)16-3/h6H,4-5,14H2,1-3H3. The molecule has 1 aromatic rings. The highest BCUT2D eigenvalue weighted by molar-refractivity contribution is 9.10. The molecule has 88 valence electrons. The van der Waals surface area contributed by atoms with Crippen molar-refractivity contribution in [1.82, 2.24) is 0 Å². The molecule has 0 aliphatic heterocycles. The predicted octanol–water partition coefficient (Wildman–Crippen LogP) is 2.72. The molecule has 1 fully saturated rings. The van der Waals surface area contributed by atoms with Crippen LogP contribution in [0.4, 0.5) is 0 Å².